The summed E-state index contributed by atoms with van der Waals surface area (Å²) >= 11 is 12.5. The molecule has 1 aliphatic heterocycles. The molecule has 2 rings (SSSR count). The van der Waals surface area contributed by atoms with Crippen LogP contribution in [0.25, 0.3) is 0 Å². The van der Waals surface area contributed by atoms with Gasteiger partial charge in [-0.2, -0.15) is 0 Å². The van der Waals surface area contributed by atoms with E-state index in [-0.39, 0.29) is 6.04 Å². The molecule has 2 unspecified atom stereocenters. The Morgan fingerprint density at radius 1 is 1.35 bits per heavy atom. The summed E-state index contributed by atoms with van der Waals surface area (Å²) in [6.45, 7) is 9.23. The van der Waals surface area contributed by atoms with E-state index < -0.39 is 0 Å². The van der Waals surface area contributed by atoms with Crippen LogP contribution >= 0.6 is 23.2 Å². The van der Waals surface area contributed by atoms with E-state index in [1.807, 2.05) is 18.2 Å². The standard InChI is InChI=1S/C15H23Cl2N3/c1-3-19-7-8-20(10-11(19)2)14(9-18)12-5-4-6-13(16)15(12)17/h4-6,11,14H,3,7-10,18H2,1-2H3. The van der Waals surface area contributed by atoms with Crippen molar-refractivity contribution in [2.24, 2.45) is 5.73 Å². The first-order chi connectivity index (χ1) is 9.58. The van der Waals surface area contributed by atoms with Gasteiger partial charge < -0.3 is 5.73 Å². The van der Waals surface area contributed by atoms with Crippen molar-refractivity contribution in [2.75, 3.05) is 32.7 Å². The van der Waals surface area contributed by atoms with E-state index in [4.69, 9.17) is 28.9 Å². The quantitative estimate of drug-likeness (QED) is 0.927. The van der Waals surface area contributed by atoms with Crippen LogP contribution in [-0.2, 0) is 0 Å². The van der Waals surface area contributed by atoms with Crippen molar-refractivity contribution in [2.45, 2.75) is 25.9 Å². The lowest BCUT2D eigenvalue weighted by Crippen LogP contribution is -2.53. The van der Waals surface area contributed by atoms with Crippen LogP contribution in [-0.4, -0.2) is 48.6 Å². The largest absolute Gasteiger partial charge is 0.329 e. The number of rotatable bonds is 4. The highest BCUT2D eigenvalue weighted by atomic mass is 35.5. The molecule has 1 fully saturated rings. The SMILES string of the molecule is CCN1CCN(C(CN)c2cccc(Cl)c2Cl)CC1C. The Bertz CT molecular complexity index is 453. The maximum Gasteiger partial charge on any atom is 0.0640 e. The molecule has 1 heterocycles. The van der Waals surface area contributed by atoms with Gasteiger partial charge in [0.25, 0.3) is 0 Å². The van der Waals surface area contributed by atoms with Gasteiger partial charge in [0, 0.05) is 38.3 Å². The minimum absolute atomic E-state index is 0.141. The Morgan fingerprint density at radius 2 is 2.10 bits per heavy atom. The van der Waals surface area contributed by atoms with Crippen LogP contribution in [0.1, 0.15) is 25.5 Å². The number of likely N-dealkylation sites (N-methyl/N-ethyl adjacent to an activating group) is 1. The van der Waals surface area contributed by atoms with Gasteiger partial charge in [-0.25, -0.2) is 0 Å². The highest BCUT2D eigenvalue weighted by molar-refractivity contribution is 6.42. The van der Waals surface area contributed by atoms with Crippen LogP contribution in [0.5, 0.6) is 0 Å². The second-order valence-electron chi connectivity index (χ2n) is 5.37. The second-order valence-corrected chi connectivity index (χ2v) is 6.15. The van der Waals surface area contributed by atoms with Gasteiger partial charge in [-0.3, -0.25) is 9.80 Å². The van der Waals surface area contributed by atoms with Crippen LogP contribution in [0.4, 0.5) is 0 Å². The molecular weight excluding hydrogens is 293 g/mol. The summed E-state index contributed by atoms with van der Waals surface area (Å²) in [4.78, 5) is 4.91. The van der Waals surface area contributed by atoms with Gasteiger partial charge in [-0.05, 0) is 25.1 Å². The Morgan fingerprint density at radius 3 is 2.70 bits per heavy atom. The lowest BCUT2D eigenvalue weighted by atomic mass is 10.0. The van der Waals surface area contributed by atoms with E-state index >= 15 is 0 Å². The third-order valence-electron chi connectivity index (χ3n) is 4.21. The van der Waals surface area contributed by atoms with Crippen LogP contribution in [0, 0.1) is 0 Å². The molecule has 2 N–H and O–H groups in total. The van der Waals surface area contributed by atoms with Gasteiger partial charge in [0.2, 0.25) is 0 Å². The highest BCUT2D eigenvalue weighted by Gasteiger charge is 2.29. The first-order valence-electron chi connectivity index (χ1n) is 7.20. The molecule has 1 saturated heterocycles. The zero-order valence-electron chi connectivity index (χ0n) is 12.1. The zero-order valence-corrected chi connectivity index (χ0v) is 13.7. The molecule has 20 heavy (non-hydrogen) atoms. The fraction of sp³-hybridized carbons (Fsp3) is 0.600. The first kappa shape index (κ1) is 16.1. The molecule has 5 heteroatoms. The molecule has 1 aliphatic rings. The second kappa shape index (κ2) is 7.10. The summed E-state index contributed by atoms with van der Waals surface area (Å²) in [5.74, 6) is 0. The highest BCUT2D eigenvalue weighted by Crippen LogP contribution is 2.33. The number of nitrogens with two attached hydrogens (primary N) is 1. The summed E-state index contributed by atoms with van der Waals surface area (Å²) in [6.07, 6.45) is 0. The first-order valence-corrected chi connectivity index (χ1v) is 7.96. The molecule has 0 radical (unpaired) electrons. The van der Waals surface area contributed by atoms with Crippen molar-refractivity contribution in [3.63, 3.8) is 0 Å². The molecule has 2 atom stereocenters. The molecule has 0 bridgehead atoms. The lowest BCUT2D eigenvalue weighted by molar-refractivity contribution is 0.0607. The molecule has 0 spiro atoms. The van der Waals surface area contributed by atoms with Crippen LogP contribution in [0.15, 0.2) is 18.2 Å². The van der Waals surface area contributed by atoms with E-state index in [9.17, 15) is 0 Å². The minimum atomic E-state index is 0.141. The monoisotopic (exact) mass is 315 g/mol. The minimum Gasteiger partial charge on any atom is -0.329 e. The van der Waals surface area contributed by atoms with Crippen LogP contribution < -0.4 is 5.73 Å². The predicted molar refractivity (Wildman–Crippen MR) is 86.5 cm³/mol. The van der Waals surface area contributed by atoms with Gasteiger partial charge in [-0.1, -0.05) is 42.3 Å². The predicted octanol–water partition coefficient (Wildman–Crippen LogP) is 3.02. The van der Waals surface area contributed by atoms with E-state index in [1.165, 1.54) is 0 Å². The Hall–Kier alpha value is -0.320. The molecule has 112 valence electrons. The third kappa shape index (κ3) is 3.29. The zero-order chi connectivity index (χ0) is 14.7. The smallest absolute Gasteiger partial charge is 0.0640 e. The fourth-order valence-electron chi connectivity index (χ4n) is 3.03. The number of piperazine rings is 1. The molecule has 0 aromatic heterocycles. The van der Waals surface area contributed by atoms with Crippen molar-refractivity contribution in [1.82, 2.24) is 9.80 Å². The number of halogens is 2. The molecule has 3 nitrogen and oxygen atoms in total. The van der Waals surface area contributed by atoms with Crippen molar-refractivity contribution in [3.8, 4) is 0 Å². The maximum atomic E-state index is 6.35. The van der Waals surface area contributed by atoms with E-state index in [0.29, 0.717) is 22.6 Å². The average molecular weight is 316 g/mol. The Balaban J connectivity index is 2.19. The normalized spacial score (nSPS) is 22.9. The van der Waals surface area contributed by atoms with Gasteiger partial charge in [0.15, 0.2) is 0 Å². The summed E-state index contributed by atoms with van der Waals surface area (Å²) < 4.78 is 0. The van der Waals surface area contributed by atoms with Crippen LogP contribution in [0.2, 0.25) is 10.0 Å². The lowest BCUT2D eigenvalue weighted by Gasteiger charge is -2.43. The Kier molecular flexibility index (Phi) is 5.70. The number of hydrogen-bond donors (Lipinski definition) is 1. The molecule has 1 aromatic rings. The molecule has 0 aliphatic carbocycles. The van der Waals surface area contributed by atoms with Gasteiger partial charge in [-0.15, -0.1) is 0 Å². The van der Waals surface area contributed by atoms with Crippen molar-refractivity contribution in [3.05, 3.63) is 33.8 Å². The van der Waals surface area contributed by atoms with Crippen LogP contribution in [0.3, 0.4) is 0 Å². The summed E-state index contributed by atoms with van der Waals surface area (Å²) in [5, 5.41) is 1.23. The topological polar surface area (TPSA) is 32.5 Å². The Labute approximate surface area is 131 Å². The fourth-order valence-corrected chi connectivity index (χ4v) is 3.46. The van der Waals surface area contributed by atoms with E-state index in [2.05, 4.69) is 23.6 Å². The molecular formula is C15H23Cl2N3. The van der Waals surface area contributed by atoms with Gasteiger partial charge in [0.1, 0.15) is 0 Å². The summed E-state index contributed by atoms with van der Waals surface area (Å²) in [6, 6.07) is 6.47. The molecule has 0 amide bonds. The summed E-state index contributed by atoms with van der Waals surface area (Å²) in [5.41, 5.74) is 7.05. The average Bonchev–Trinajstić information content (AvgIpc) is 2.44. The van der Waals surface area contributed by atoms with Crippen molar-refractivity contribution >= 4 is 23.2 Å². The van der Waals surface area contributed by atoms with Crippen molar-refractivity contribution in [1.29, 1.82) is 0 Å². The molecule has 0 saturated carbocycles. The van der Waals surface area contributed by atoms with Gasteiger partial charge >= 0.3 is 0 Å². The van der Waals surface area contributed by atoms with E-state index in [0.717, 1.165) is 31.7 Å². The number of hydrogen-bond acceptors (Lipinski definition) is 3. The third-order valence-corrected chi connectivity index (χ3v) is 5.04. The molecule has 1 aromatic carbocycles. The van der Waals surface area contributed by atoms with E-state index in [1.54, 1.807) is 0 Å². The number of benzene rings is 1. The maximum absolute atomic E-state index is 6.35. The van der Waals surface area contributed by atoms with Crippen molar-refractivity contribution < 1.29 is 0 Å². The number of nitrogens with zero attached hydrogens (tertiary/aromatic N) is 2. The summed E-state index contributed by atoms with van der Waals surface area (Å²) in [7, 11) is 0. The van der Waals surface area contributed by atoms with Gasteiger partial charge in [0.05, 0.1) is 10.0 Å².